The summed E-state index contributed by atoms with van der Waals surface area (Å²) in [5.74, 6) is -0.526. The Hall–Kier alpha value is -2.55. The van der Waals surface area contributed by atoms with Crippen molar-refractivity contribution in [2.24, 2.45) is 5.92 Å². The van der Waals surface area contributed by atoms with Crippen molar-refractivity contribution in [2.75, 3.05) is 25.7 Å². The molecular weight excluding hydrogens is 418 g/mol. The molecule has 0 spiro atoms. The highest BCUT2D eigenvalue weighted by Crippen LogP contribution is 2.13. The summed E-state index contributed by atoms with van der Waals surface area (Å²) in [5.41, 5.74) is 0.856. The maximum atomic E-state index is 13.4. The second-order valence-corrected chi connectivity index (χ2v) is 8.55. The molecule has 0 heterocycles. The quantitative estimate of drug-likeness (QED) is 0.329. The molecule has 2 atom stereocenters. The number of thioether (sulfide) groups is 1. The second kappa shape index (κ2) is 14.5. The van der Waals surface area contributed by atoms with Crippen molar-refractivity contribution in [3.63, 3.8) is 0 Å². The van der Waals surface area contributed by atoms with Crippen LogP contribution >= 0.6 is 11.8 Å². The molecule has 0 aliphatic rings. The number of nitrogens with one attached hydrogen (secondary N) is 2. The largest absolute Gasteiger partial charge is 0.468 e. The Kier molecular flexibility index (Phi) is 12.3. The molecule has 0 aliphatic heterocycles. The third-order valence-corrected chi connectivity index (χ3v) is 5.24. The van der Waals surface area contributed by atoms with Crippen molar-refractivity contribution < 1.29 is 23.9 Å². The number of rotatable bonds is 14. The standard InChI is InChI=1S/C22H33N3O5S/c1-16(2)12-19(24-21(28)18(23-15-26)10-11-31-4)22(29)25(14-20(27)30-3)13-17-8-6-5-7-9-17/h5-9,15-16,18-19H,10-14H2,1-4H3,(H,23,26)(H,24,28)/t18-,19-/m0/s1. The van der Waals surface area contributed by atoms with Crippen LogP contribution in [-0.4, -0.2) is 66.8 Å². The van der Waals surface area contributed by atoms with Gasteiger partial charge < -0.3 is 20.3 Å². The summed E-state index contributed by atoms with van der Waals surface area (Å²) in [7, 11) is 1.27. The van der Waals surface area contributed by atoms with E-state index in [1.54, 1.807) is 11.8 Å². The molecule has 1 aromatic rings. The summed E-state index contributed by atoms with van der Waals surface area (Å²) in [5, 5.41) is 5.31. The van der Waals surface area contributed by atoms with Gasteiger partial charge in [0, 0.05) is 6.54 Å². The lowest BCUT2D eigenvalue weighted by Crippen LogP contribution is -2.54. The lowest BCUT2D eigenvalue weighted by atomic mass is 10.0. The maximum absolute atomic E-state index is 13.4. The van der Waals surface area contributed by atoms with Gasteiger partial charge in [-0.3, -0.25) is 19.2 Å². The number of nitrogens with zero attached hydrogens (tertiary/aromatic N) is 1. The summed E-state index contributed by atoms with van der Waals surface area (Å²) in [6, 6.07) is 7.74. The Morgan fingerprint density at radius 3 is 2.39 bits per heavy atom. The summed E-state index contributed by atoms with van der Waals surface area (Å²) < 4.78 is 4.75. The van der Waals surface area contributed by atoms with E-state index in [2.05, 4.69) is 10.6 Å². The van der Waals surface area contributed by atoms with E-state index in [1.807, 2.05) is 50.4 Å². The fourth-order valence-corrected chi connectivity index (χ4v) is 3.50. The van der Waals surface area contributed by atoms with Gasteiger partial charge in [-0.05, 0) is 36.3 Å². The Morgan fingerprint density at radius 1 is 1.16 bits per heavy atom. The first-order chi connectivity index (χ1) is 14.8. The predicted molar refractivity (Wildman–Crippen MR) is 121 cm³/mol. The molecule has 0 saturated heterocycles. The minimum atomic E-state index is -0.828. The van der Waals surface area contributed by atoms with E-state index in [9.17, 15) is 19.2 Å². The van der Waals surface area contributed by atoms with Crippen LogP contribution in [0.4, 0.5) is 0 Å². The number of amides is 3. The summed E-state index contributed by atoms with van der Waals surface area (Å²) >= 11 is 1.56. The Labute approximate surface area is 188 Å². The van der Waals surface area contributed by atoms with Crippen molar-refractivity contribution in [3.8, 4) is 0 Å². The first-order valence-corrected chi connectivity index (χ1v) is 11.6. The van der Waals surface area contributed by atoms with Crippen LogP contribution in [0.25, 0.3) is 0 Å². The second-order valence-electron chi connectivity index (χ2n) is 7.57. The van der Waals surface area contributed by atoms with Gasteiger partial charge in [0.15, 0.2) is 0 Å². The van der Waals surface area contributed by atoms with Gasteiger partial charge in [-0.1, -0.05) is 44.2 Å². The molecule has 0 bridgehead atoms. The number of methoxy groups -OCH3 is 1. The van der Waals surface area contributed by atoms with Gasteiger partial charge in [0.2, 0.25) is 18.2 Å². The van der Waals surface area contributed by atoms with Crippen molar-refractivity contribution in [2.45, 2.75) is 45.3 Å². The molecule has 0 unspecified atom stereocenters. The lowest BCUT2D eigenvalue weighted by molar-refractivity contribution is -0.148. The lowest BCUT2D eigenvalue weighted by Gasteiger charge is -2.29. The smallest absolute Gasteiger partial charge is 0.325 e. The van der Waals surface area contributed by atoms with Crippen LogP contribution in [0.1, 0.15) is 32.3 Å². The Morgan fingerprint density at radius 2 is 1.84 bits per heavy atom. The van der Waals surface area contributed by atoms with E-state index < -0.39 is 24.0 Å². The fourth-order valence-electron chi connectivity index (χ4n) is 3.03. The number of hydrogen-bond acceptors (Lipinski definition) is 6. The van der Waals surface area contributed by atoms with Gasteiger partial charge in [-0.15, -0.1) is 0 Å². The van der Waals surface area contributed by atoms with Gasteiger partial charge in [0.05, 0.1) is 7.11 Å². The highest BCUT2D eigenvalue weighted by atomic mass is 32.2. The van der Waals surface area contributed by atoms with E-state index in [4.69, 9.17) is 4.74 Å². The molecule has 2 N–H and O–H groups in total. The van der Waals surface area contributed by atoms with Crippen LogP contribution in [0.5, 0.6) is 0 Å². The predicted octanol–water partition coefficient (Wildman–Crippen LogP) is 1.59. The minimum absolute atomic E-state index is 0.120. The number of carbonyl (C=O) groups excluding carboxylic acids is 4. The zero-order chi connectivity index (χ0) is 23.2. The monoisotopic (exact) mass is 451 g/mol. The van der Waals surface area contributed by atoms with E-state index in [0.29, 0.717) is 25.0 Å². The SMILES string of the molecule is COC(=O)CN(Cc1ccccc1)C(=O)[C@H](CC(C)C)NC(=O)[C@H](CCSC)NC=O. The molecule has 0 radical (unpaired) electrons. The molecule has 8 nitrogen and oxygen atoms in total. The van der Waals surface area contributed by atoms with Crippen molar-refractivity contribution in [3.05, 3.63) is 35.9 Å². The highest BCUT2D eigenvalue weighted by molar-refractivity contribution is 7.98. The molecule has 1 rings (SSSR count). The van der Waals surface area contributed by atoms with Crippen molar-refractivity contribution in [1.29, 1.82) is 0 Å². The van der Waals surface area contributed by atoms with Crippen LogP contribution < -0.4 is 10.6 Å². The van der Waals surface area contributed by atoms with Crippen LogP contribution in [0.15, 0.2) is 30.3 Å². The topological polar surface area (TPSA) is 105 Å². The van der Waals surface area contributed by atoms with E-state index in [-0.39, 0.29) is 24.9 Å². The minimum Gasteiger partial charge on any atom is -0.468 e. The van der Waals surface area contributed by atoms with Crippen molar-refractivity contribution >= 4 is 36.0 Å². The molecule has 172 valence electrons. The van der Waals surface area contributed by atoms with Crippen LogP contribution in [0.3, 0.4) is 0 Å². The van der Waals surface area contributed by atoms with E-state index in [1.165, 1.54) is 12.0 Å². The molecule has 0 fully saturated rings. The average molecular weight is 452 g/mol. The summed E-state index contributed by atoms with van der Waals surface area (Å²) in [4.78, 5) is 50.4. The van der Waals surface area contributed by atoms with Gasteiger partial charge in [-0.2, -0.15) is 11.8 Å². The fraction of sp³-hybridized carbons (Fsp3) is 0.545. The van der Waals surface area contributed by atoms with Gasteiger partial charge in [0.25, 0.3) is 0 Å². The van der Waals surface area contributed by atoms with Crippen LogP contribution in [0, 0.1) is 5.92 Å². The molecular formula is C22H33N3O5S. The average Bonchev–Trinajstić information content (AvgIpc) is 2.75. The number of ether oxygens (including phenoxy) is 1. The van der Waals surface area contributed by atoms with Gasteiger partial charge >= 0.3 is 5.97 Å². The molecule has 1 aromatic carbocycles. The third kappa shape index (κ3) is 9.87. The summed E-state index contributed by atoms with van der Waals surface area (Å²) in [6.45, 7) is 3.88. The Balaban J connectivity index is 3.06. The third-order valence-electron chi connectivity index (χ3n) is 4.59. The highest BCUT2D eigenvalue weighted by Gasteiger charge is 2.30. The zero-order valence-electron chi connectivity index (χ0n) is 18.6. The molecule has 3 amide bonds. The number of benzene rings is 1. The van der Waals surface area contributed by atoms with Crippen LogP contribution in [-0.2, 0) is 30.5 Å². The molecule has 9 heteroatoms. The van der Waals surface area contributed by atoms with E-state index >= 15 is 0 Å². The van der Waals surface area contributed by atoms with Gasteiger partial charge in [0.1, 0.15) is 18.6 Å². The number of hydrogen-bond donors (Lipinski definition) is 2. The Bertz CT molecular complexity index is 714. The molecule has 0 saturated carbocycles. The van der Waals surface area contributed by atoms with Crippen molar-refractivity contribution in [1.82, 2.24) is 15.5 Å². The first kappa shape index (κ1) is 26.5. The summed E-state index contributed by atoms with van der Waals surface area (Å²) in [6.07, 6.45) is 3.25. The first-order valence-electron chi connectivity index (χ1n) is 10.2. The zero-order valence-corrected chi connectivity index (χ0v) is 19.4. The molecule has 0 aliphatic carbocycles. The maximum Gasteiger partial charge on any atom is 0.325 e. The number of carbonyl (C=O) groups is 4. The van der Waals surface area contributed by atoms with Gasteiger partial charge in [-0.25, -0.2) is 0 Å². The normalized spacial score (nSPS) is 12.5. The number of esters is 1. The molecule has 31 heavy (non-hydrogen) atoms. The molecule has 0 aromatic heterocycles. The van der Waals surface area contributed by atoms with Crippen LogP contribution in [0.2, 0.25) is 0 Å². The van der Waals surface area contributed by atoms with E-state index in [0.717, 1.165) is 5.56 Å².